The Morgan fingerprint density at radius 1 is 1.48 bits per heavy atom. The molecule has 1 aliphatic rings. The molecule has 1 heterocycles. The van der Waals surface area contributed by atoms with Gasteiger partial charge in [0.25, 0.3) is 0 Å². The van der Waals surface area contributed by atoms with E-state index in [2.05, 4.69) is 24.1 Å². The number of ether oxygens (including phenoxy) is 1. The fraction of sp³-hybridized carbons (Fsp3) is 0.562. The van der Waals surface area contributed by atoms with Crippen LogP contribution in [0.25, 0.3) is 0 Å². The average Bonchev–Trinajstić information content (AvgIpc) is 2.37. The van der Waals surface area contributed by atoms with Gasteiger partial charge in [-0.1, -0.05) is 6.07 Å². The summed E-state index contributed by atoms with van der Waals surface area (Å²) in [4.78, 5) is 14.3. The highest BCUT2D eigenvalue weighted by atomic mass is 16.5. The maximum atomic E-state index is 11.9. The number of hydrogen-bond acceptors (Lipinski definition) is 4. The Morgan fingerprint density at radius 3 is 3.00 bits per heavy atom. The number of nitrogens with two attached hydrogens (primary N) is 1. The first kappa shape index (κ1) is 15.8. The minimum absolute atomic E-state index is 0.0353. The molecule has 0 radical (unpaired) electrons. The Morgan fingerprint density at radius 2 is 2.29 bits per heavy atom. The van der Waals surface area contributed by atoms with Gasteiger partial charge in [-0.05, 0) is 45.0 Å². The topological polar surface area (TPSA) is 67.6 Å². The van der Waals surface area contributed by atoms with Crippen molar-refractivity contribution in [2.75, 3.05) is 37.3 Å². The molecule has 5 heteroatoms. The largest absolute Gasteiger partial charge is 0.399 e. The lowest BCUT2D eigenvalue weighted by Gasteiger charge is -2.38. The molecule has 1 saturated heterocycles. The molecule has 3 N–H and O–H groups in total. The van der Waals surface area contributed by atoms with Crippen molar-refractivity contribution in [1.82, 2.24) is 4.90 Å². The normalized spacial score (nSPS) is 18.4. The highest BCUT2D eigenvalue weighted by Gasteiger charge is 2.26. The van der Waals surface area contributed by atoms with Gasteiger partial charge in [-0.25, -0.2) is 0 Å². The van der Waals surface area contributed by atoms with Crippen LogP contribution in [0.4, 0.5) is 11.4 Å². The quantitative estimate of drug-likeness (QED) is 0.815. The molecule has 0 atom stereocenters. The Hall–Kier alpha value is -1.59. The molecule has 0 spiro atoms. The molecule has 0 aromatic heterocycles. The van der Waals surface area contributed by atoms with E-state index < -0.39 is 0 Å². The molecule has 0 unspecified atom stereocenters. The number of carbonyl (C=O) groups is 1. The number of morpholine rings is 1. The number of benzene rings is 1. The molecule has 1 aliphatic heterocycles. The summed E-state index contributed by atoms with van der Waals surface area (Å²) in [6.07, 6.45) is 1.37. The summed E-state index contributed by atoms with van der Waals surface area (Å²) in [7, 11) is 0. The molecule has 0 saturated carbocycles. The number of anilines is 2. The van der Waals surface area contributed by atoms with Crippen LogP contribution in [0.15, 0.2) is 24.3 Å². The highest BCUT2D eigenvalue weighted by Crippen LogP contribution is 2.17. The lowest BCUT2D eigenvalue weighted by molar-refractivity contribution is -0.116. The molecule has 116 valence electrons. The summed E-state index contributed by atoms with van der Waals surface area (Å²) in [6, 6.07) is 7.25. The van der Waals surface area contributed by atoms with Crippen LogP contribution in [0.5, 0.6) is 0 Å². The number of rotatable bonds is 5. The maximum absolute atomic E-state index is 11.9. The third-order valence-corrected chi connectivity index (χ3v) is 3.55. The van der Waals surface area contributed by atoms with Crippen molar-refractivity contribution >= 4 is 17.3 Å². The third-order valence-electron chi connectivity index (χ3n) is 3.55. The number of amides is 1. The van der Waals surface area contributed by atoms with Gasteiger partial charge in [0.05, 0.1) is 12.2 Å². The van der Waals surface area contributed by atoms with Crippen LogP contribution in [-0.2, 0) is 9.53 Å². The van der Waals surface area contributed by atoms with Crippen molar-refractivity contribution in [2.45, 2.75) is 32.3 Å². The monoisotopic (exact) mass is 291 g/mol. The Bertz CT molecular complexity index is 488. The molecule has 5 nitrogen and oxygen atoms in total. The van der Waals surface area contributed by atoms with Gasteiger partial charge < -0.3 is 15.8 Å². The van der Waals surface area contributed by atoms with Gasteiger partial charge in [0.2, 0.25) is 5.91 Å². The van der Waals surface area contributed by atoms with Crippen molar-refractivity contribution < 1.29 is 9.53 Å². The second-order valence-electron chi connectivity index (χ2n) is 6.16. The van der Waals surface area contributed by atoms with Crippen LogP contribution in [-0.4, -0.2) is 42.6 Å². The predicted molar refractivity (Wildman–Crippen MR) is 85.2 cm³/mol. The number of nitrogen functional groups attached to an aromatic ring is 1. The fourth-order valence-corrected chi connectivity index (χ4v) is 2.61. The van der Waals surface area contributed by atoms with Gasteiger partial charge in [-0.3, -0.25) is 9.69 Å². The second-order valence-corrected chi connectivity index (χ2v) is 6.16. The van der Waals surface area contributed by atoms with E-state index in [-0.39, 0.29) is 11.5 Å². The van der Waals surface area contributed by atoms with E-state index in [4.69, 9.17) is 10.5 Å². The molecular formula is C16H25N3O2. The van der Waals surface area contributed by atoms with Gasteiger partial charge in [-0.15, -0.1) is 0 Å². The summed E-state index contributed by atoms with van der Waals surface area (Å²) in [6.45, 7) is 7.76. The molecule has 1 amide bonds. The Kier molecular flexibility index (Phi) is 5.20. The van der Waals surface area contributed by atoms with Crippen LogP contribution >= 0.6 is 0 Å². The zero-order valence-corrected chi connectivity index (χ0v) is 12.9. The molecule has 0 bridgehead atoms. The van der Waals surface area contributed by atoms with Crippen molar-refractivity contribution in [3.05, 3.63) is 24.3 Å². The first-order valence-electron chi connectivity index (χ1n) is 7.46. The van der Waals surface area contributed by atoms with E-state index in [1.165, 1.54) is 0 Å². The Balaban J connectivity index is 1.70. The van der Waals surface area contributed by atoms with E-state index in [9.17, 15) is 4.79 Å². The second kappa shape index (κ2) is 6.91. The minimum Gasteiger partial charge on any atom is -0.399 e. The first-order valence-corrected chi connectivity index (χ1v) is 7.46. The van der Waals surface area contributed by atoms with E-state index >= 15 is 0 Å². The lowest BCUT2D eigenvalue weighted by atomic mass is 10.1. The van der Waals surface area contributed by atoms with E-state index in [0.717, 1.165) is 38.3 Å². The van der Waals surface area contributed by atoms with Crippen molar-refractivity contribution in [3.8, 4) is 0 Å². The number of nitrogens with zero attached hydrogens (tertiary/aromatic N) is 1. The van der Waals surface area contributed by atoms with Gasteiger partial charge in [0.15, 0.2) is 0 Å². The molecule has 0 aliphatic carbocycles. The molecule has 1 fully saturated rings. The van der Waals surface area contributed by atoms with E-state index in [0.29, 0.717) is 12.1 Å². The van der Waals surface area contributed by atoms with Gasteiger partial charge in [0.1, 0.15) is 0 Å². The molecule has 2 rings (SSSR count). The third kappa shape index (κ3) is 5.36. The van der Waals surface area contributed by atoms with Crippen molar-refractivity contribution in [1.29, 1.82) is 0 Å². The van der Waals surface area contributed by atoms with Crippen LogP contribution in [0, 0.1) is 0 Å². The van der Waals surface area contributed by atoms with E-state index in [1.807, 2.05) is 12.1 Å². The fourth-order valence-electron chi connectivity index (χ4n) is 2.61. The van der Waals surface area contributed by atoms with Crippen LogP contribution in [0.1, 0.15) is 26.7 Å². The lowest BCUT2D eigenvalue weighted by Crippen LogP contribution is -2.48. The SMILES string of the molecule is CC1(C)CN(CCCC(=O)Nc2cccc(N)c2)CCO1. The van der Waals surface area contributed by atoms with Crippen LogP contribution in [0.3, 0.4) is 0 Å². The average molecular weight is 291 g/mol. The Labute approximate surface area is 126 Å². The van der Waals surface area contributed by atoms with Gasteiger partial charge in [-0.2, -0.15) is 0 Å². The zero-order chi connectivity index (χ0) is 15.3. The van der Waals surface area contributed by atoms with Crippen LogP contribution < -0.4 is 11.1 Å². The predicted octanol–water partition coefficient (Wildman–Crippen LogP) is 2.10. The molecular weight excluding hydrogens is 266 g/mol. The number of hydrogen-bond donors (Lipinski definition) is 2. The molecule has 1 aromatic carbocycles. The van der Waals surface area contributed by atoms with Crippen molar-refractivity contribution in [3.63, 3.8) is 0 Å². The molecule has 1 aromatic rings. The smallest absolute Gasteiger partial charge is 0.224 e. The standard InChI is InChI=1S/C16H25N3O2/c1-16(2)12-19(9-10-21-16)8-4-7-15(20)18-14-6-3-5-13(17)11-14/h3,5-6,11H,4,7-10,12,17H2,1-2H3,(H,18,20). The van der Waals surface area contributed by atoms with E-state index in [1.54, 1.807) is 12.1 Å². The summed E-state index contributed by atoms with van der Waals surface area (Å²) in [5.41, 5.74) is 7.02. The number of carbonyl (C=O) groups excluding carboxylic acids is 1. The summed E-state index contributed by atoms with van der Waals surface area (Å²) in [5.74, 6) is 0.0353. The minimum atomic E-state index is -0.0813. The number of nitrogens with one attached hydrogen (secondary N) is 1. The summed E-state index contributed by atoms with van der Waals surface area (Å²) < 4.78 is 5.68. The van der Waals surface area contributed by atoms with Gasteiger partial charge in [0, 0.05) is 30.9 Å². The maximum Gasteiger partial charge on any atom is 0.224 e. The summed E-state index contributed by atoms with van der Waals surface area (Å²) >= 11 is 0. The first-order chi connectivity index (χ1) is 9.94. The van der Waals surface area contributed by atoms with Crippen molar-refractivity contribution in [2.24, 2.45) is 0 Å². The summed E-state index contributed by atoms with van der Waals surface area (Å²) in [5, 5.41) is 2.87. The van der Waals surface area contributed by atoms with Gasteiger partial charge >= 0.3 is 0 Å². The van der Waals surface area contributed by atoms with Crippen LogP contribution in [0.2, 0.25) is 0 Å². The zero-order valence-electron chi connectivity index (χ0n) is 12.9. The highest BCUT2D eigenvalue weighted by molar-refractivity contribution is 5.91. The molecule has 21 heavy (non-hydrogen) atoms.